The van der Waals surface area contributed by atoms with E-state index in [2.05, 4.69) is 41.8 Å². The summed E-state index contributed by atoms with van der Waals surface area (Å²) in [6.45, 7) is 1.68. The summed E-state index contributed by atoms with van der Waals surface area (Å²) in [6.07, 6.45) is 1.92. The summed E-state index contributed by atoms with van der Waals surface area (Å²) in [5.41, 5.74) is 6.94. The lowest BCUT2D eigenvalue weighted by Crippen LogP contribution is -2.20. The third-order valence-corrected chi connectivity index (χ3v) is 4.47. The van der Waals surface area contributed by atoms with Gasteiger partial charge in [-0.25, -0.2) is 13.8 Å². The van der Waals surface area contributed by atoms with E-state index in [4.69, 9.17) is 5.73 Å². The van der Waals surface area contributed by atoms with E-state index < -0.39 is 17.7 Å². The van der Waals surface area contributed by atoms with Gasteiger partial charge in [-0.2, -0.15) is 0 Å². The van der Waals surface area contributed by atoms with E-state index >= 15 is 0 Å². The Hall–Kier alpha value is -1.08. The van der Waals surface area contributed by atoms with Gasteiger partial charge in [0, 0.05) is 23.4 Å². The molecule has 0 aliphatic carbocycles. The van der Waals surface area contributed by atoms with E-state index in [1.807, 2.05) is 0 Å². The smallest absolute Gasteiger partial charge is 0.126 e. The molecular weight excluding hydrogens is 420 g/mol. The van der Waals surface area contributed by atoms with Crippen LogP contribution in [0.4, 0.5) is 8.78 Å². The molecule has 7 heteroatoms. The summed E-state index contributed by atoms with van der Waals surface area (Å²) in [6, 6.07) is 3.05. The number of rotatable bonds is 4. The van der Waals surface area contributed by atoms with Crippen LogP contribution < -0.4 is 5.73 Å². The van der Waals surface area contributed by atoms with Gasteiger partial charge >= 0.3 is 0 Å². The molecule has 1 aliphatic heterocycles. The zero-order chi connectivity index (χ0) is 16.3. The lowest BCUT2D eigenvalue weighted by molar-refractivity contribution is 0.577. The minimum Gasteiger partial charge on any atom is -0.388 e. The summed E-state index contributed by atoms with van der Waals surface area (Å²) in [7, 11) is 0. The van der Waals surface area contributed by atoms with E-state index in [0.29, 0.717) is 17.8 Å². The first-order valence-electron chi connectivity index (χ1n) is 6.71. The van der Waals surface area contributed by atoms with Crippen LogP contribution in [0.25, 0.3) is 0 Å². The summed E-state index contributed by atoms with van der Waals surface area (Å²) in [5.74, 6) is -0.821. The van der Waals surface area contributed by atoms with Crippen molar-refractivity contribution in [2.45, 2.75) is 32.2 Å². The van der Waals surface area contributed by atoms with E-state index in [-0.39, 0.29) is 0 Å². The second-order valence-electron chi connectivity index (χ2n) is 5.05. The highest BCUT2D eigenvalue weighted by Crippen LogP contribution is 2.31. The van der Waals surface area contributed by atoms with Crippen LogP contribution in [0.5, 0.6) is 0 Å². The molecule has 1 atom stereocenters. The van der Waals surface area contributed by atoms with Gasteiger partial charge < -0.3 is 5.73 Å². The molecule has 0 spiro atoms. The van der Waals surface area contributed by atoms with Crippen LogP contribution in [0.2, 0.25) is 0 Å². The van der Waals surface area contributed by atoms with Crippen LogP contribution in [0.15, 0.2) is 38.4 Å². The van der Waals surface area contributed by atoms with Crippen molar-refractivity contribution in [1.82, 2.24) is 0 Å². The van der Waals surface area contributed by atoms with Crippen LogP contribution in [0.3, 0.4) is 0 Å². The molecule has 3 nitrogen and oxygen atoms in total. The fraction of sp³-hybridized carbons (Fsp3) is 0.333. The average molecular weight is 435 g/mol. The molecule has 1 aliphatic rings. The Bertz CT molecular complexity index is 645. The number of allylic oxidation sites excluding steroid dienone is 1. The second kappa shape index (κ2) is 7.46. The predicted octanol–water partition coefficient (Wildman–Crippen LogP) is 4.45. The van der Waals surface area contributed by atoms with E-state index in [0.717, 1.165) is 33.7 Å². The van der Waals surface area contributed by atoms with Crippen molar-refractivity contribution in [3.8, 4) is 0 Å². The maximum absolute atomic E-state index is 13.4. The first-order valence-corrected chi connectivity index (χ1v) is 8.30. The largest absolute Gasteiger partial charge is 0.388 e. The second-order valence-corrected chi connectivity index (χ2v) is 6.92. The molecule has 2 rings (SSSR count). The molecule has 0 fully saturated rings. The molecule has 0 saturated carbocycles. The fourth-order valence-electron chi connectivity index (χ4n) is 2.24. The Balaban J connectivity index is 2.37. The van der Waals surface area contributed by atoms with E-state index in [9.17, 15) is 8.78 Å². The zero-order valence-corrected chi connectivity index (χ0v) is 15.1. The molecule has 0 saturated heterocycles. The Morgan fingerprint density at radius 1 is 1.27 bits per heavy atom. The van der Waals surface area contributed by atoms with Crippen LogP contribution in [0.1, 0.15) is 25.3 Å². The highest BCUT2D eigenvalue weighted by molar-refractivity contribution is 9.18. The van der Waals surface area contributed by atoms with E-state index in [1.54, 1.807) is 6.92 Å². The molecule has 1 aromatic carbocycles. The number of nitrogens with two attached hydrogens (primary N) is 1. The SMILES string of the molecule is CC(N)=NC(Cc1cc(F)cc(F)c1)C1=C(Br)CCC(Br)=N1. The highest BCUT2D eigenvalue weighted by atomic mass is 79.9. The summed E-state index contributed by atoms with van der Waals surface area (Å²) in [4.78, 5) is 8.85. The monoisotopic (exact) mass is 433 g/mol. The molecule has 1 aromatic rings. The molecule has 0 radical (unpaired) electrons. The third-order valence-electron chi connectivity index (χ3n) is 3.10. The van der Waals surface area contributed by atoms with Crippen LogP contribution in [0, 0.1) is 11.6 Å². The van der Waals surface area contributed by atoms with E-state index in [1.165, 1.54) is 12.1 Å². The van der Waals surface area contributed by atoms with Crippen molar-refractivity contribution in [2.24, 2.45) is 15.7 Å². The number of halogens is 4. The van der Waals surface area contributed by atoms with Gasteiger partial charge in [0.2, 0.25) is 0 Å². The fourth-order valence-corrected chi connectivity index (χ4v) is 3.19. The van der Waals surface area contributed by atoms with Gasteiger partial charge in [0.15, 0.2) is 0 Å². The molecule has 0 aromatic heterocycles. The molecule has 0 bridgehead atoms. The lowest BCUT2D eigenvalue weighted by Gasteiger charge is -2.20. The minimum absolute atomic E-state index is 0.317. The minimum atomic E-state index is -0.608. The topological polar surface area (TPSA) is 50.7 Å². The number of hydrogen-bond acceptors (Lipinski definition) is 2. The molecule has 1 heterocycles. The molecule has 0 amide bonds. The lowest BCUT2D eigenvalue weighted by atomic mass is 10.0. The van der Waals surface area contributed by atoms with Gasteiger partial charge in [0.1, 0.15) is 11.6 Å². The van der Waals surface area contributed by atoms with Gasteiger partial charge in [0.25, 0.3) is 0 Å². The third kappa shape index (κ3) is 4.71. The van der Waals surface area contributed by atoms with Crippen molar-refractivity contribution in [3.05, 3.63) is 45.6 Å². The van der Waals surface area contributed by atoms with Gasteiger partial charge in [-0.05, 0) is 47.0 Å². The van der Waals surface area contributed by atoms with Crippen molar-refractivity contribution >= 4 is 42.3 Å². The Morgan fingerprint density at radius 3 is 2.50 bits per heavy atom. The number of benzene rings is 1. The van der Waals surface area contributed by atoms with Crippen LogP contribution >= 0.6 is 31.9 Å². The van der Waals surface area contributed by atoms with Gasteiger partial charge in [-0.15, -0.1) is 0 Å². The number of nitrogens with zero attached hydrogens (tertiary/aromatic N) is 2. The Morgan fingerprint density at radius 2 is 1.91 bits per heavy atom. The van der Waals surface area contributed by atoms with Crippen molar-refractivity contribution < 1.29 is 8.78 Å². The highest BCUT2D eigenvalue weighted by Gasteiger charge is 2.21. The van der Waals surface area contributed by atoms with Gasteiger partial charge in [0.05, 0.1) is 22.2 Å². The number of aliphatic imine (C=N–C) groups is 2. The summed E-state index contributed by atoms with van der Waals surface area (Å²) < 4.78 is 28.5. The standard InChI is InChI=1S/C15H15Br2F2N3/c1-8(20)21-13(15-12(16)2-3-14(17)22-15)6-9-4-10(18)7-11(19)5-9/h4-5,7,13H,2-3,6H2,1H3,(H2,20,21). The number of hydrogen-bond donors (Lipinski definition) is 1. The molecule has 2 N–H and O–H groups in total. The van der Waals surface area contributed by atoms with Crippen molar-refractivity contribution in [1.29, 1.82) is 0 Å². The quantitative estimate of drug-likeness (QED) is 0.552. The molecule has 118 valence electrons. The first kappa shape index (κ1) is 17.3. The Labute approximate surface area is 144 Å². The van der Waals surface area contributed by atoms with Gasteiger partial charge in [-0.3, -0.25) is 4.99 Å². The van der Waals surface area contributed by atoms with Crippen LogP contribution in [-0.2, 0) is 6.42 Å². The van der Waals surface area contributed by atoms with Gasteiger partial charge in [-0.1, -0.05) is 15.9 Å². The van der Waals surface area contributed by atoms with Crippen molar-refractivity contribution in [2.75, 3.05) is 0 Å². The first-order chi connectivity index (χ1) is 10.3. The molecule has 22 heavy (non-hydrogen) atoms. The van der Waals surface area contributed by atoms with Crippen LogP contribution in [-0.4, -0.2) is 16.5 Å². The summed E-state index contributed by atoms with van der Waals surface area (Å²) >= 11 is 6.90. The zero-order valence-electron chi connectivity index (χ0n) is 11.9. The molecular formula is C15H15Br2F2N3. The maximum atomic E-state index is 13.4. The normalized spacial score (nSPS) is 17.5. The Kier molecular flexibility index (Phi) is 5.86. The summed E-state index contributed by atoms with van der Waals surface area (Å²) in [5, 5.41) is 0. The average Bonchev–Trinajstić information content (AvgIpc) is 2.39. The van der Waals surface area contributed by atoms with Crippen molar-refractivity contribution in [3.63, 3.8) is 0 Å². The number of amidine groups is 1. The molecule has 1 unspecified atom stereocenters. The predicted molar refractivity (Wildman–Crippen MR) is 92.7 cm³/mol. The maximum Gasteiger partial charge on any atom is 0.126 e.